The van der Waals surface area contributed by atoms with Gasteiger partial charge in [-0.3, -0.25) is 14.9 Å². The van der Waals surface area contributed by atoms with E-state index in [1.165, 1.54) is 35.6 Å². The molecule has 8 heteroatoms. The van der Waals surface area contributed by atoms with Gasteiger partial charge in [-0.25, -0.2) is 9.18 Å². The fourth-order valence-corrected chi connectivity index (χ4v) is 4.58. The van der Waals surface area contributed by atoms with Gasteiger partial charge in [0, 0.05) is 10.4 Å². The third-order valence-electron chi connectivity index (χ3n) is 4.56. The number of anilines is 1. The zero-order valence-corrected chi connectivity index (χ0v) is 16.5. The number of benzene rings is 1. The molecule has 0 aliphatic heterocycles. The first-order valence-corrected chi connectivity index (χ1v) is 9.90. The van der Waals surface area contributed by atoms with E-state index >= 15 is 0 Å². The molecule has 0 radical (unpaired) electrons. The van der Waals surface area contributed by atoms with Crippen molar-refractivity contribution in [1.82, 2.24) is 5.32 Å². The Morgan fingerprint density at radius 1 is 1.21 bits per heavy atom. The molecule has 6 nitrogen and oxygen atoms in total. The number of hydrogen-bond acceptors (Lipinski definition) is 5. The van der Waals surface area contributed by atoms with Gasteiger partial charge in [0.15, 0.2) is 0 Å². The molecule has 3 rings (SSSR count). The van der Waals surface area contributed by atoms with Crippen molar-refractivity contribution in [2.45, 2.75) is 33.1 Å². The van der Waals surface area contributed by atoms with Gasteiger partial charge in [0.05, 0.1) is 12.2 Å². The number of hydrogen-bond donors (Lipinski definition) is 2. The molecule has 2 aromatic rings. The van der Waals surface area contributed by atoms with Crippen molar-refractivity contribution < 1.29 is 23.5 Å². The van der Waals surface area contributed by atoms with E-state index in [1.807, 2.05) is 0 Å². The fourth-order valence-electron chi connectivity index (χ4n) is 3.18. The SMILES string of the molecule is CCOC(=O)NC(=O)c1c(NC(=O)c2ccc(F)cc2)sc2c1CC[C@H](C)C2. The minimum Gasteiger partial charge on any atom is -0.450 e. The van der Waals surface area contributed by atoms with Gasteiger partial charge in [0.2, 0.25) is 0 Å². The van der Waals surface area contributed by atoms with Crippen molar-refractivity contribution in [2.24, 2.45) is 5.92 Å². The van der Waals surface area contributed by atoms with Crippen LogP contribution in [0.15, 0.2) is 24.3 Å². The van der Waals surface area contributed by atoms with Crippen molar-refractivity contribution in [3.05, 3.63) is 51.7 Å². The van der Waals surface area contributed by atoms with Crippen LogP contribution in [0.5, 0.6) is 0 Å². The predicted octanol–water partition coefficient (Wildman–Crippen LogP) is 4.15. The summed E-state index contributed by atoms with van der Waals surface area (Å²) in [5.41, 5.74) is 1.44. The third kappa shape index (κ3) is 4.39. The molecular weight excluding hydrogens is 383 g/mol. The number of imide groups is 1. The molecule has 148 valence electrons. The minimum absolute atomic E-state index is 0.145. The highest BCUT2D eigenvalue weighted by Crippen LogP contribution is 2.39. The molecule has 0 saturated carbocycles. The van der Waals surface area contributed by atoms with E-state index in [4.69, 9.17) is 4.74 Å². The van der Waals surface area contributed by atoms with Crippen LogP contribution in [0.25, 0.3) is 0 Å². The maximum absolute atomic E-state index is 13.1. The first-order valence-electron chi connectivity index (χ1n) is 9.08. The number of halogens is 1. The third-order valence-corrected chi connectivity index (χ3v) is 5.73. The summed E-state index contributed by atoms with van der Waals surface area (Å²) in [5.74, 6) is -1.00. The highest BCUT2D eigenvalue weighted by atomic mass is 32.1. The summed E-state index contributed by atoms with van der Waals surface area (Å²) in [4.78, 5) is 38.0. The van der Waals surface area contributed by atoms with Crippen molar-refractivity contribution >= 4 is 34.2 Å². The lowest BCUT2D eigenvalue weighted by Gasteiger charge is -2.18. The van der Waals surface area contributed by atoms with Crippen LogP contribution in [0.4, 0.5) is 14.2 Å². The quantitative estimate of drug-likeness (QED) is 0.802. The normalized spacial score (nSPS) is 15.5. The van der Waals surface area contributed by atoms with Crippen LogP contribution in [-0.2, 0) is 17.6 Å². The van der Waals surface area contributed by atoms with Crippen molar-refractivity contribution in [2.75, 3.05) is 11.9 Å². The summed E-state index contributed by atoms with van der Waals surface area (Å²) in [6, 6.07) is 5.14. The molecule has 28 heavy (non-hydrogen) atoms. The molecule has 2 N–H and O–H groups in total. The Hall–Kier alpha value is -2.74. The molecule has 1 aromatic heterocycles. The second-order valence-corrected chi connectivity index (χ2v) is 7.80. The van der Waals surface area contributed by atoms with E-state index in [2.05, 4.69) is 17.6 Å². The van der Waals surface area contributed by atoms with Crippen LogP contribution in [0.3, 0.4) is 0 Å². The van der Waals surface area contributed by atoms with Crippen molar-refractivity contribution in [3.63, 3.8) is 0 Å². The molecule has 1 aromatic carbocycles. The zero-order chi connectivity index (χ0) is 20.3. The summed E-state index contributed by atoms with van der Waals surface area (Å²) in [6.07, 6.45) is 1.61. The van der Waals surface area contributed by atoms with Crippen molar-refractivity contribution in [1.29, 1.82) is 0 Å². The van der Waals surface area contributed by atoms with Crippen LogP contribution >= 0.6 is 11.3 Å². The van der Waals surface area contributed by atoms with Gasteiger partial charge in [-0.2, -0.15) is 0 Å². The molecule has 1 aliphatic carbocycles. The number of rotatable bonds is 4. The molecule has 3 amide bonds. The largest absolute Gasteiger partial charge is 0.450 e. The molecule has 1 atom stereocenters. The summed E-state index contributed by atoms with van der Waals surface area (Å²) < 4.78 is 17.9. The van der Waals surface area contributed by atoms with Gasteiger partial charge in [-0.15, -0.1) is 11.3 Å². The fraction of sp³-hybridized carbons (Fsp3) is 0.350. The van der Waals surface area contributed by atoms with E-state index in [0.717, 1.165) is 23.3 Å². The van der Waals surface area contributed by atoms with Gasteiger partial charge in [0.1, 0.15) is 10.8 Å². The predicted molar refractivity (Wildman–Crippen MR) is 104 cm³/mol. The smallest absolute Gasteiger partial charge is 0.414 e. The van der Waals surface area contributed by atoms with E-state index in [9.17, 15) is 18.8 Å². The molecule has 0 spiro atoms. The van der Waals surface area contributed by atoms with Gasteiger partial charge in [0.25, 0.3) is 11.8 Å². The molecule has 0 fully saturated rings. The second-order valence-electron chi connectivity index (χ2n) is 6.69. The molecule has 0 bridgehead atoms. The highest BCUT2D eigenvalue weighted by Gasteiger charge is 2.29. The molecule has 0 unspecified atom stereocenters. The Labute approximate surface area is 166 Å². The molecular formula is C20H21FN2O4S. The lowest BCUT2D eigenvalue weighted by molar-refractivity contribution is 0.0925. The molecule has 0 saturated heterocycles. The van der Waals surface area contributed by atoms with Gasteiger partial charge >= 0.3 is 6.09 Å². The van der Waals surface area contributed by atoms with Crippen LogP contribution < -0.4 is 10.6 Å². The first kappa shape index (κ1) is 20.0. The average molecular weight is 404 g/mol. The number of carbonyl (C=O) groups is 3. The number of alkyl carbamates (subject to hydrolysis) is 1. The average Bonchev–Trinajstić information content (AvgIpc) is 2.99. The minimum atomic E-state index is -0.826. The number of carbonyl (C=O) groups excluding carboxylic acids is 3. The standard InChI is InChI=1S/C20H21FN2O4S/c1-3-27-20(26)23-18(25)16-14-9-4-11(2)10-15(14)28-19(16)22-17(24)12-5-7-13(21)8-6-12/h5-8,11H,3-4,9-10H2,1-2H3,(H,22,24)(H,23,25,26)/t11-/m0/s1. The zero-order valence-electron chi connectivity index (χ0n) is 15.6. The topological polar surface area (TPSA) is 84.5 Å². The van der Waals surface area contributed by atoms with E-state index in [0.29, 0.717) is 22.9 Å². The molecule has 1 aliphatic rings. The number of amides is 3. The van der Waals surface area contributed by atoms with Gasteiger partial charge < -0.3 is 10.1 Å². The van der Waals surface area contributed by atoms with Crippen LogP contribution in [-0.4, -0.2) is 24.5 Å². The lowest BCUT2D eigenvalue weighted by atomic mass is 9.88. The number of thiophene rings is 1. The molecule has 1 heterocycles. The summed E-state index contributed by atoms with van der Waals surface area (Å²) >= 11 is 1.34. The Morgan fingerprint density at radius 3 is 2.61 bits per heavy atom. The van der Waals surface area contributed by atoms with Gasteiger partial charge in [-0.1, -0.05) is 6.92 Å². The maximum Gasteiger partial charge on any atom is 0.414 e. The highest BCUT2D eigenvalue weighted by molar-refractivity contribution is 7.17. The van der Waals surface area contributed by atoms with Crippen LogP contribution in [0.2, 0.25) is 0 Å². The van der Waals surface area contributed by atoms with Crippen molar-refractivity contribution in [3.8, 4) is 0 Å². The van der Waals surface area contributed by atoms with Gasteiger partial charge in [-0.05, 0) is 61.9 Å². The summed E-state index contributed by atoms with van der Waals surface area (Å²) in [6.45, 7) is 3.93. The summed E-state index contributed by atoms with van der Waals surface area (Å²) in [5, 5.41) is 5.34. The Bertz CT molecular complexity index is 908. The van der Waals surface area contributed by atoms with Crippen LogP contribution in [0.1, 0.15) is 51.4 Å². The van der Waals surface area contributed by atoms with E-state index in [1.54, 1.807) is 6.92 Å². The summed E-state index contributed by atoms with van der Waals surface area (Å²) in [7, 11) is 0. The maximum atomic E-state index is 13.1. The number of ether oxygens (including phenoxy) is 1. The monoisotopic (exact) mass is 404 g/mol. The van der Waals surface area contributed by atoms with E-state index in [-0.39, 0.29) is 12.2 Å². The Morgan fingerprint density at radius 2 is 1.93 bits per heavy atom. The Balaban J connectivity index is 1.91. The van der Waals surface area contributed by atoms with Crippen LogP contribution in [0, 0.1) is 11.7 Å². The number of fused-ring (bicyclic) bond motifs is 1. The first-order chi connectivity index (χ1) is 13.4. The lowest BCUT2D eigenvalue weighted by Crippen LogP contribution is -2.32. The second kappa shape index (κ2) is 8.52. The number of nitrogens with one attached hydrogen (secondary N) is 2. The van der Waals surface area contributed by atoms with E-state index < -0.39 is 23.7 Å². The Kier molecular flexibility index (Phi) is 6.08.